The van der Waals surface area contributed by atoms with E-state index in [2.05, 4.69) is 11.2 Å². The van der Waals surface area contributed by atoms with Gasteiger partial charge in [-0.15, -0.1) is 0 Å². The maximum Gasteiger partial charge on any atom is 0.140 e. The maximum absolute atomic E-state index is 9.60. The lowest BCUT2D eigenvalue weighted by Crippen LogP contribution is -2.07. The van der Waals surface area contributed by atoms with E-state index in [1.807, 2.05) is 48.5 Å². The Kier molecular flexibility index (Phi) is 4.47. The number of anilines is 1. The highest BCUT2D eigenvalue weighted by Gasteiger charge is 2.19. The molecule has 0 bridgehead atoms. The minimum atomic E-state index is -0.162. The number of nitrogen functional groups attached to an aromatic ring is 1. The van der Waals surface area contributed by atoms with E-state index in [0.29, 0.717) is 0 Å². The molecule has 2 aromatic carbocycles. The smallest absolute Gasteiger partial charge is 0.140 e. The van der Waals surface area contributed by atoms with E-state index >= 15 is 0 Å². The largest absolute Gasteiger partial charge is 0.394 e. The number of benzene rings is 2. The third-order valence-corrected chi connectivity index (χ3v) is 3.91. The molecule has 1 aromatic heterocycles. The average molecular weight is 329 g/mol. The minimum absolute atomic E-state index is 0.140. The van der Waals surface area contributed by atoms with Crippen LogP contribution in [0.5, 0.6) is 0 Å². The highest BCUT2D eigenvalue weighted by Crippen LogP contribution is 2.27. The molecule has 3 rings (SSSR count). The van der Waals surface area contributed by atoms with E-state index in [9.17, 15) is 10.5 Å². The van der Waals surface area contributed by atoms with Gasteiger partial charge in [-0.2, -0.15) is 15.6 Å². The number of hydrogen-bond donors (Lipinski definition) is 2. The van der Waals surface area contributed by atoms with Crippen LogP contribution in [0.4, 0.5) is 5.82 Å². The van der Waals surface area contributed by atoms with Crippen molar-refractivity contribution in [1.29, 1.82) is 10.5 Å². The molecular weight excluding hydrogens is 314 g/mol. The molecule has 0 atom stereocenters. The van der Waals surface area contributed by atoms with Crippen molar-refractivity contribution in [1.82, 2.24) is 9.78 Å². The first-order valence-corrected chi connectivity index (χ1v) is 7.66. The van der Waals surface area contributed by atoms with Gasteiger partial charge in [-0.25, -0.2) is 4.68 Å². The molecule has 0 amide bonds. The molecule has 0 radical (unpaired) electrons. The molecule has 0 spiro atoms. The fraction of sp³-hybridized carbons (Fsp3) is 0.105. The number of fused-ring (bicyclic) bond motifs is 1. The average Bonchev–Trinajstić information content (AvgIpc) is 2.95. The zero-order chi connectivity index (χ0) is 17.8. The van der Waals surface area contributed by atoms with Crippen LogP contribution in [0.15, 0.2) is 42.5 Å². The van der Waals surface area contributed by atoms with E-state index in [-0.39, 0.29) is 35.8 Å². The molecule has 0 aliphatic rings. The minimum Gasteiger partial charge on any atom is -0.394 e. The van der Waals surface area contributed by atoms with Crippen molar-refractivity contribution in [2.75, 3.05) is 12.3 Å². The molecule has 3 aromatic rings. The van der Waals surface area contributed by atoms with Crippen LogP contribution in [0.3, 0.4) is 0 Å². The summed E-state index contributed by atoms with van der Waals surface area (Å²) in [6, 6.07) is 17.8. The molecule has 25 heavy (non-hydrogen) atoms. The van der Waals surface area contributed by atoms with Crippen LogP contribution in [0.25, 0.3) is 22.4 Å². The SMILES string of the molecule is N#C/C(=C\c1cccc2ccccc12)c1nn(CCO)c(N)c1C#N. The van der Waals surface area contributed by atoms with Gasteiger partial charge in [-0.05, 0) is 22.4 Å². The number of aliphatic hydroxyl groups is 1. The van der Waals surface area contributed by atoms with Crippen molar-refractivity contribution >= 4 is 28.2 Å². The Morgan fingerprint density at radius 3 is 2.68 bits per heavy atom. The summed E-state index contributed by atoms with van der Waals surface area (Å²) in [7, 11) is 0. The predicted octanol–water partition coefficient (Wildman–Crippen LogP) is 2.55. The number of aromatic nitrogens is 2. The molecule has 0 aliphatic carbocycles. The van der Waals surface area contributed by atoms with Crippen LogP contribution in [-0.4, -0.2) is 21.5 Å². The van der Waals surface area contributed by atoms with Crippen LogP contribution < -0.4 is 5.73 Å². The lowest BCUT2D eigenvalue weighted by atomic mass is 10.0. The lowest BCUT2D eigenvalue weighted by Gasteiger charge is -2.03. The summed E-state index contributed by atoms with van der Waals surface area (Å²) in [5.41, 5.74) is 7.38. The first-order chi connectivity index (χ1) is 12.2. The molecule has 1 heterocycles. The van der Waals surface area contributed by atoms with Gasteiger partial charge in [0.15, 0.2) is 0 Å². The van der Waals surface area contributed by atoms with Crippen LogP contribution in [0.1, 0.15) is 16.8 Å². The summed E-state index contributed by atoms with van der Waals surface area (Å²) in [5, 5.41) is 34.4. The highest BCUT2D eigenvalue weighted by molar-refractivity contribution is 5.98. The van der Waals surface area contributed by atoms with E-state index in [4.69, 9.17) is 10.8 Å². The van der Waals surface area contributed by atoms with Crippen LogP contribution in [-0.2, 0) is 6.54 Å². The third kappa shape index (κ3) is 2.94. The second-order valence-electron chi connectivity index (χ2n) is 5.41. The van der Waals surface area contributed by atoms with Crippen LogP contribution in [0.2, 0.25) is 0 Å². The molecule has 6 heteroatoms. The summed E-state index contributed by atoms with van der Waals surface area (Å²) in [6.45, 7) is -0.00139. The Morgan fingerprint density at radius 2 is 1.96 bits per heavy atom. The number of nitrogens with two attached hydrogens (primary N) is 1. The van der Waals surface area contributed by atoms with Crippen molar-refractivity contribution in [3.63, 3.8) is 0 Å². The predicted molar refractivity (Wildman–Crippen MR) is 95.9 cm³/mol. The summed E-state index contributed by atoms with van der Waals surface area (Å²) >= 11 is 0. The zero-order valence-corrected chi connectivity index (χ0v) is 13.3. The van der Waals surface area contributed by atoms with E-state index in [1.165, 1.54) is 4.68 Å². The monoisotopic (exact) mass is 329 g/mol. The van der Waals surface area contributed by atoms with Gasteiger partial charge in [-0.3, -0.25) is 0 Å². The standard InChI is InChI=1S/C19H15N5O/c20-11-15(18-17(12-21)19(22)24(23-18)8-9-25)10-14-6-3-5-13-4-1-2-7-16(13)14/h1-7,10,25H,8-9,22H2/b15-10+. The molecule has 0 fully saturated rings. The van der Waals surface area contributed by atoms with Crippen molar-refractivity contribution in [3.8, 4) is 12.1 Å². The van der Waals surface area contributed by atoms with E-state index in [0.717, 1.165) is 16.3 Å². The van der Waals surface area contributed by atoms with Gasteiger partial charge in [0.05, 0.1) is 18.7 Å². The normalized spacial score (nSPS) is 11.2. The summed E-state index contributed by atoms with van der Waals surface area (Å²) in [5.74, 6) is 0.144. The molecule has 122 valence electrons. The fourth-order valence-corrected chi connectivity index (χ4v) is 2.72. The second kappa shape index (κ2) is 6.88. The van der Waals surface area contributed by atoms with Crippen molar-refractivity contribution < 1.29 is 5.11 Å². The van der Waals surface area contributed by atoms with Gasteiger partial charge in [0, 0.05) is 0 Å². The molecule has 3 N–H and O–H groups in total. The maximum atomic E-state index is 9.60. The van der Waals surface area contributed by atoms with Crippen molar-refractivity contribution in [3.05, 3.63) is 59.3 Å². The number of nitriles is 2. The Balaban J connectivity index is 2.18. The topological polar surface area (TPSA) is 112 Å². The summed E-state index contributed by atoms with van der Waals surface area (Å²) in [6.07, 6.45) is 1.70. The Morgan fingerprint density at radius 1 is 1.20 bits per heavy atom. The number of rotatable bonds is 4. The molecule has 0 saturated carbocycles. The molecule has 6 nitrogen and oxygen atoms in total. The van der Waals surface area contributed by atoms with Crippen molar-refractivity contribution in [2.45, 2.75) is 6.54 Å². The van der Waals surface area contributed by atoms with Gasteiger partial charge >= 0.3 is 0 Å². The fourth-order valence-electron chi connectivity index (χ4n) is 2.72. The molecule has 0 unspecified atom stereocenters. The van der Waals surface area contributed by atoms with Gasteiger partial charge in [-0.1, -0.05) is 42.5 Å². The van der Waals surface area contributed by atoms with Gasteiger partial charge < -0.3 is 10.8 Å². The van der Waals surface area contributed by atoms with Crippen LogP contribution >= 0.6 is 0 Å². The molecule has 0 saturated heterocycles. The number of aliphatic hydroxyl groups excluding tert-OH is 1. The zero-order valence-electron chi connectivity index (χ0n) is 13.3. The Bertz CT molecular complexity index is 1040. The summed E-state index contributed by atoms with van der Waals surface area (Å²) in [4.78, 5) is 0. The quantitative estimate of drug-likeness (QED) is 0.714. The van der Waals surface area contributed by atoms with Gasteiger partial charge in [0.25, 0.3) is 0 Å². The first kappa shape index (κ1) is 16.3. The second-order valence-corrected chi connectivity index (χ2v) is 5.41. The van der Waals surface area contributed by atoms with Crippen molar-refractivity contribution in [2.24, 2.45) is 0 Å². The van der Waals surface area contributed by atoms with Gasteiger partial charge in [0.1, 0.15) is 29.2 Å². The lowest BCUT2D eigenvalue weighted by molar-refractivity contribution is 0.270. The Labute approximate surface area is 144 Å². The van der Waals surface area contributed by atoms with E-state index < -0.39 is 0 Å². The van der Waals surface area contributed by atoms with Crippen LogP contribution in [0, 0.1) is 22.7 Å². The van der Waals surface area contributed by atoms with E-state index in [1.54, 1.807) is 6.08 Å². The highest BCUT2D eigenvalue weighted by atomic mass is 16.3. The Hall–Kier alpha value is -3.61. The first-order valence-electron chi connectivity index (χ1n) is 7.66. The summed E-state index contributed by atoms with van der Waals surface area (Å²) < 4.78 is 1.34. The molecule has 0 aliphatic heterocycles. The third-order valence-electron chi connectivity index (χ3n) is 3.91. The number of allylic oxidation sites excluding steroid dienone is 1. The van der Waals surface area contributed by atoms with Gasteiger partial charge in [0.2, 0.25) is 0 Å². The number of nitrogens with zero attached hydrogens (tertiary/aromatic N) is 4. The molecular formula is C19H15N5O. The number of hydrogen-bond acceptors (Lipinski definition) is 5.